The lowest BCUT2D eigenvalue weighted by molar-refractivity contribution is -0.125. The van der Waals surface area contributed by atoms with Gasteiger partial charge in [-0.15, -0.1) is 0 Å². The van der Waals surface area contributed by atoms with Crippen LogP contribution in [0.2, 0.25) is 0 Å². The summed E-state index contributed by atoms with van der Waals surface area (Å²) in [5, 5.41) is 5.61. The first-order valence-electron chi connectivity index (χ1n) is 5.18. The number of alkyl halides is 3. The summed E-state index contributed by atoms with van der Waals surface area (Å²) in [6, 6.07) is 0. The number of hydrogen-bond donors (Lipinski definition) is 2. The van der Waals surface area contributed by atoms with Gasteiger partial charge in [0.2, 0.25) is 5.91 Å². The molecule has 0 aromatic heterocycles. The molecule has 0 aliphatic carbocycles. The highest BCUT2D eigenvalue weighted by atomic mass is 32.2. The largest absolute Gasteiger partial charge is 0.441 e. The Bertz CT molecular complexity index is 229. The number of nitrogens with one attached hydrogen (secondary N) is 2. The molecule has 1 aliphatic rings. The number of piperidine rings is 1. The van der Waals surface area contributed by atoms with E-state index in [1.807, 2.05) is 0 Å². The third kappa shape index (κ3) is 5.60. The molecule has 1 atom stereocenters. The van der Waals surface area contributed by atoms with Gasteiger partial charge in [-0.25, -0.2) is 0 Å². The van der Waals surface area contributed by atoms with Crippen molar-refractivity contribution >= 4 is 17.7 Å². The second-order valence-corrected chi connectivity index (χ2v) is 4.79. The zero-order valence-electron chi connectivity index (χ0n) is 8.77. The second kappa shape index (κ2) is 6.34. The van der Waals surface area contributed by atoms with Gasteiger partial charge in [0.05, 0.1) is 5.92 Å². The fourth-order valence-electron chi connectivity index (χ4n) is 1.56. The van der Waals surface area contributed by atoms with Crippen molar-refractivity contribution in [2.24, 2.45) is 5.92 Å². The standard InChI is InChI=1S/C9H15F3N2OS/c10-9(11,12)16-5-4-14-8(15)7-2-1-3-13-6-7/h7,13H,1-6H2,(H,14,15)/t7-/m1/s1. The number of carbonyl (C=O) groups is 1. The molecule has 1 saturated heterocycles. The summed E-state index contributed by atoms with van der Waals surface area (Å²) < 4.78 is 35.3. The van der Waals surface area contributed by atoms with Gasteiger partial charge < -0.3 is 10.6 Å². The van der Waals surface area contributed by atoms with Gasteiger partial charge in [-0.05, 0) is 31.1 Å². The van der Waals surface area contributed by atoms with Crippen LogP contribution in [0.15, 0.2) is 0 Å². The summed E-state index contributed by atoms with van der Waals surface area (Å²) in [6.45, 7) is 1.60. The summed E-state index contributed by atoms with van der Waals surface area (Å²) in [7, 11) is 0. The zero-order valence-corrected chi connectivity index (χ0v) is 9.59. The van der Waals surface area contributed by atoms with Crippen molar-refractivity contribution < 1.29 is 18.0 Å². The summed E-state index contributed by atoms with van der Waals surface area (Å²) in [4.78, 5) is 11.5. The molecule has 1 heterocycles. The molecule has 0 radical (unpaired) electrons. The highest BCUT2D eigenvalue weighted by Gasteiger charge is 2.27. The molecule has 0 aromatic rings. The van der Waals surface area contributed by atoms with E-state index in [9.17, 15) is 18.0 Å². The van der Waals surface area contributed by atoms with Crippen LogP contribution >= 0.6 is 11.8 Å². The lowest BCUT2D eigenvalue weighted by atomic mass is 9.99. The maximum absolute atomic E-state index is 11.8. The molecule has 0 bridgehead atoms. The fraction of sp³-hybridized carbons (Fsp3) is 0.889. The van der Waals surface area contributed by atoms with Gasteiger partial charge in [-0.3, -0.25) is 4.79 Å². The van der Waals surface area contributed by atoms with Gasteiger partial charge in [0.1, 0.15) is 0 Å². The third-order valence-corrected chi connectivity index (χ3v) is 3.07. The Balaban J connectivity index is 2.10. The molecule has 1 amide bonds. The molecular weight excluding hydrogens is 241 g/mol. The molecule has 0 saturated carbocycles. The lowest BCUT2D eigenvalue weighted by Crippen LogP contribution is -2.41. The van der Waals surface area contributed by atoms with E-state index in [-0.39, 0.29) is 35.9 Å². The van der Waals surface area contributed by atoms with Gasteiger partial charge in [-0.1, -0.05) is 0 Å². The van der Waals surface area contributed by atoms with Crippen LogP contribution in [0.25, 0.3) is 0 Å². The summed E-state index contributed by atoms with van der Waals surface area (Å²) >= 11 is -0.108. The molecule has 94 valence electrons. The number of rotatable bonds is 4. The number of thioether (sulfide) groups is 1. The van der Waals surface area contributed by atoms with E-state index in [4.69, 9.17) is 0 Å². The maximum Gasteiger partial charge on any atom is 0.441 e. The van der Waals surface area contributed by atoms with Crippen LogP contribution in [0, 0.1) is 5.92 Å². The van der Waals surface area contributed by atoms with Crippen LogP contribution < -0.4 is 10.6 Å². The van der Waals surface area contributed by atoms with E-state index in [1.54, 1.807) is 0 Å². The zero-order chi connectivity index (χ0) is 12.0. The topological polar surface area (TPSA) is 41.1 Å². The van der Waals surface area contributed by atoms with Crippen LogP contribution in [0.5, 0.6) is 0 Å². The Labute approximate surface area is 96.5 Å². The van der Waals surface area contributed by atoms with Gasteiger partial charge in [0.25, 0.3) is 0 Å². The lowest BCUT2D eigenvalue weighted by Gasteiger charge is -2.21. The molecule has 0 spiro atoms. The molecule has 3 nitrogen and oxygen atoms in total. The van der Waals surface area contributed by atoms with E-state index in [2.05, 4.69) is 10.6 Å². The smallest absolute Gasteiger partial charge is 0.355 e. The number of amides is 1. The average Bonchev–Trinajstić information content (AvgIpc) is 2.24. The van der Waals surface area contributed by atoms with Crippen molar-refractivity contribution in [2.75, 3.05) is 25.4 Å². The first kappa shape index (κ1) is 13.6. The fourth-order valence-corrected chi connectivity index (χ4v) is 2.00. The molecule has 7 heteroatoms. The Morgan fingerprint density at radius 1 is 1.50 bits per heavy atom. The minimum Gasteiger partial charge on any atom is -0.355 e. The summed E-state index contributed by atoms with van der Waals surface area (Å²) in [6.07, 6.45) is 1.75. The predicted molar refractivity (Wildman–Crippen MR) is 57.1 cm³/mol. The quantitative estimate of drug-likeness (QED) is 0.746. The van der Waals surface area contributed by atoms with E-state index >= 15 is 0 Å². The van der Waals surface area contributed by atoms with Crippen LogP contribution in [-0.2, 0) is 4.79 Å². The van der Waals surface area contributed by atoms with Crippen molar-refractivity contribution in [1.82, 2.24) is 10.6 Å². The average molecular weight is 256 g/mol. The third-order valence-electron chi connectivity index (χ3n) is 2.33. The molecular formula is C9H15F3N2OS. The van der Waals surface area contributed by atoms with Crippen molar-refractivity contribution in [3.63, 3.8) is 0 Å². The molecule has 16 heavy (non-hydrogen) atoms. The van der Waals surface area contributed by atoms with Gasteiger partial charge >= 0.3 is 5.51 Å². The Hall–Kier alpha value is -0.430. The second-order valence-electron chi connectivity index (χ2n) is 3.63. The molecule has 1 fully saturated rings. The van der Waals surface area contributed by atoms with Gasteiger partial charge in [-0.2, -0.15) is 13.2 Å². The molecule has 1 aliphatic heterocycles. The van der Waals surface area contributed by atoms with Crippen LogP contribution in [0.3, 0.4) is 0 Å². The number of carbonyl (C=O) groups excluding carboxylic acids is 1. The van der Waals surface area contributed by atoms with Crippen molar-refractivity contribution in [3.05, 3.63) is 0 Å². The first-order valence-corrected chi connectivity index (χ1v) is 6.17. The molecule has 0 unspecified atom stereocenters. The summed E-state index contributed by atoms with van der Waals surface area (Å²) in [5.74, 6) is -0.366. The molecule has 2 N–H and O–H groups in total. The number of hydrogen-bond acceptors (Lipinski definition) is 3. The van der Waals surface area contributed by atoms with Crippen LogP contribution in [0.1, 0.15) is 12.8 Å². The van der Waals surface area contributed by atoms with Crippen LogP contribution in [-0.4, -0.2) is 36.8 Å². The number of halogens is 3. The minimum absolute atomic E-state index is 0.0690. The SMILES string of the molecule is O=C(NCCSC(F)(F)F)[C@@H]1CCCNC1. The van der Waals surface area contributed by atoms with Crippen molar-refractivity contribution in [1.29, 1.82) is 0 Å². The van der Waals surface area contributed by atoms with Gasteiger partial charge in [0, 0.05) is 18.8 Å². The maximum atomic E-state index is 11.8. The molecule has 1 rings (SSSR count). The Kier molecular flexibility index (Phi) is 5.40. The normalized spacial score (nSPS) is 21.8. The first-order chi connectivity index (χ1) is 7.49. The van der Waals surface area contributed by atoms with E-state index in [0.717, 1.165) is 19.4 Å². The van der Waals surface area contributed by atoms with Gasteiger partial charge in [0.15, 0.2) is 0 Å². The highest BCUT2D eigenvalue weighted by Crippen LogP contribution is 2.29. The van der Waals surface area contributed by atoms with Crippen LogP contribution in [0.4, 0.5) is 13.2 Å². The monoisotopic (exact) mass is 256 g/mol. The van der Waals surface area contributed by atoms with E-state index in [1.165, 1.54) is 0 Å². The Morgan fingerprint density at radius 3 is 2.81 bits per heavy atom. The molecule has 0 aromatic carbocycles. The highest BCUT2D eigenvalue weighted by molar-refractivity contribution is 8.00. The van der Waals surface area contributed by atoms with E-state index < -0.39 is 5.51 Å². The van der Waals surface area contributed by atoms with Crippen molar-refractivity contribution in [3.8, 4) is 0 Å². The predicted octanol–water partition coefficient (Wildman–Crippen LogP) is 1.36. The Morgan fingerprint density at radius 2 is 2.25 bits per heavy atom. The van der Waals surface area contributed by atoms with Crippen molar-refractivity contribution in [2.45, 2.75) is 18.3 Å². The summed E-state index contributed by atoms with van der Waals surface area (Å²) in [5.41, 5.74) is -4.21. The van der Waals surface area contributed by atoms with E-state index in [0.29, 0.717) is 6.54 Å². The minimum atomic E-state index is -4.21.